The van der Waals surface area contributed by atoms with E-state index in [-0.39, 0.29) is 6.29 Å². The van der Waals surface area contributed by atoms with Gasteiger partial charge >= 0.3 is 0 Å². The van der Waals surface area contributed by atoms with E-state index in [0.717, 1.165) is 23.0 Å². The molecule has 0 bridgehead atoms. The summed E-state index contributed by atoms with van der Waals surface area (Å²) in [4.78, 5) is 4.49. The predicted octanol–water partition coefficient (Wildman–Crippen LogP) is 3.02. The van der Waals surface area contributed by atoms with Crippen LogP contribution in [0.1, 0.15) is 37.3 Å². The van der Waals surface area contributed by atoms with E-state index in [4.69, 9.17) is 9.47 Å². The van der Waals surface area contributed by atoms with Crippen LogP contribution in [0.4, 0.5) is 0 Å². The second-order valence-corrected chi connectivity index (χ2v) is 4.84. The molecule has 0 unspecified atom stereocenters. The van der Waals surface area contributed by atoms with Gasteiger partial charge in [-0.3, -0.25) is 0 Å². The zero-order valence-electron chi connectivity index (χ0n) is 9.82. The molecule has 0 amide bonds. The molecule has 1 aromatic rings. The number of methoxy groups -OCH3 is 2. The summed E-state index contributed by atoms with van der Waals surface area (Å²) in [5.41, 5.74) is 0.878. The molecule has 0 spiro atoms. The summed E-state index contributed by atoms with van der Waals surface area (Å²) in [6, 6.07) is 0. The zero-order valence-corrected chi connectivity index (χ0v) is 10.6. The lowest BCUT2D eigenvalue weighted by atomic mass is 10.1. The largest absolute Gasteiger partial charge is 0.350 e. The molecule has 15 heavy (non-hydrogen) atoms. The molecule has 1 aromatic heterocycles. The molecular formula is C11H19NO2S. The van der Waals surface area contributed by atoms with Gasteiger partial charge in [-0.25, -0.2) is 4.98 Å². The third kappa shape index (κ3) is 3.89. The van der Waals surface area contributed by atoms with Gasteiger partial charge < -0.3 is 9.47 Å². The highest BCUT2D eigenvalue weighted by molar-refractivity contribution is 7.09. The van der Waals surface area contributed by atoms with Crippen molar-refractivity contribution in [2.45, 2.75) is 33.0 Å². The summed E-state index contributed by atoms with van der Waals surface area (Å²) in [6.07, 6.45) is 1.90. The molecule has 4 heteroatoms. The molecule has 0 saturated heterocycles. The first kappa shape index (κ1) is 12.6. The minimum Gasteiger partial charge on any atom is -0.350 e. The summed E-state index contributed by atoms with van der Waals surface area (Å²) >= 11 is 1.68. The van der Waals surface area contributed by atoms with Gasteiger partial charge in [-0.05, 0) is 18.8 Å². The van der Waals surface area contributed by atoms with E-state index in [1.807, 2.05) is 5.38 Å². The van der Waals surface area contributed by atoms with Crippen LogP contribution in [0.25, 0.3) is 0 Å². The summed E-state index contributed by atoms with van der Waals surface area (Å²) in [6.45, 7) is 4.45. The standard InChI is InChI=1S/C11H19NO2S/c1-8(2)5-6-10-12-9(7-15-10)11(13-3)14-4/h7-8,11H,5-6H2,1-4H3. The minimum atomic E-state index is -0.325. The highest BCUT2D eigenvalue weighted by Crippen LogP contribution is 2.21. The number of ether oxygens (including phenoxy) is 2. The monoisotopic (exact) mass is 229 g/mol. The summed E-state index contributed by atoms with van der Waals surface area (Å²) in [5.74, 6) is 0.720. The van der Waals surface area contributed by atoms with Crippen LogP contribution in [0.2, 0.25) is 0 Å². The van der Waals surface area contributed by atoms with Crippen LogP contribution < -0.4 is 0 Å². The fourth-order valence-corrected chi connectivity index (χ4v) is 2.11. The highest BCUT2D eigenvalue weighted by atomic mass is 32.1. The second kappa shape index (κ2) is 6.20. The Morgan fingerprint density at radius 2 is 2.00 bits per heavy atom. The fourth-order valence-electron chi connectivity index (χ4n) is 1.30. The molecule has 3 nitrogen and oxygen atoms in total. The van der Waals surface area contributed by atoms with Gasteiger partial charge in [0.05, 0.1) is 5.01 Å². The van der Waals surface area contributed by atoms with Gasteiger partial charge in [-0.1, -0.05) is 13.8 Å². The van der Waals surface area contributed by atoms with Gasteiger partial charge in [0, 0.05) is 19.6 Å². The molecule has 0 N–H and O–H groups in total. The van der Waals surface area contributed by atoms with Crippen LogP contribution in [0.5, 0.6) is 0 Å². The molecule has 1 rings (SSSR count). The van der Waals surface area contributed by atoms with Crippen LogP contribution in [-0.2, 0) is 15.9 Å². The first-order valence-corrected chi connectivity index (χ1v) is 6.05. The Hall–Kier alpha value is -0.450. The van der Waals surface area contributed by atoms with E-state index in [9.17, 15) is 0 Å². The lowest BCUT2D eigenvalue weighted by molar-refractivity contribution is -0.108. The predicted molar refractivity (Wildman–Crippen MR) is 62.0 cm³/mol. The van der Waals surface area contributed by atoms with Gasteiger partial charge in [0.2, 0.25) is 6.29 Å². The van der Waals surface area contributed by atoms with Crippen LogP contribution in [0.3, 0.4) is 0 Å². The number of aromatic nitrogens is 1. The van der Waals surface area contributed by atoms with Crippen molar-refractivity contribution in [1.82, 2.24) is 4.98 Å². The van der Waals surface area contributed by atoms with Crippen molar-refractivity contribution in [3.05, 3.63) is 16.1 Å². The molecule has 0 aromatic carbocycles. The Balaban J connectivity index is 2.55. The zero-order chi connectivity index (χ0) is 11.3. The van der Waals surface area contributed by atoms with Gasteiger partial charge in [-0.15, -0.1) is 11.3 Å². The Bertz CT molecular complexity index is 282. The number of hydrogen-bond acceptors (Lipinski definition) is 4. The maximum Gasteiger partial charge on any atom is 0.201 e. The Labute approximate surface area is 95.4 Å². The Kier molecular flexibility index (Phi) is 5.22. The highest BCUT2D eigenvalue weighted by Gasteiger charge is 2.13. The van der Waals surface area contributed by atoms with E-state index in [1.54, 1.807) is 25.6 Å². The van der Waals surface area contributed by atoms with E-state index >= 15 is 0 Å². The molecule has 1 heterocycles. The van der Waals surface area contributed by atoms with Crippen molar-refractivity contribution in [3.8, 4) is 0 Å². The van der Waals surface area contributed by atoms with Crippen molar-refractivity contribution in [1.29, 1.82) is 0 Å². The van der Waals surface area contributed by atoms with Crippen molar-refractivity contribution in [2.75, 3.05) is 14.2 Å². The molecule has 0 fully saturated rings. The molecule has 0 aliphatic carbocycles. The topological polar surface area (TPSA) is 31.4 Å². The van der Waals surface area contributed by atoms with Gasteiger partial charge in [0.25, 0.3) is 0 Å². The number of thiazole rings is 1. The number of nitrogens with zero attached hydrogens (tertiary/aromatic N) is 1. The average Bonchev–Trinajstić information content (AvgIpc) is 2.65. The number of hydrogen-bond donors (Lipinski definition) is 0. The Morgan fingerprint density at radius 1 is 1.33 bits per heavy atom. The first-order valence-electron chi connectivity index (χ1n) is 5.17. The van der Waals surface area contributed by atoms with E-state index in [0.29, 0.717) is 0 Å². The summed E-state index contributed by atoms with van der Waals surface area (Å²) < 4.78 is 10.3. The SMILES string of the molecule is COC(OC)c1csc(CCC(C)C)n1. The van der Waals surface area contributed by atoms with Gasteiger partial charge in [-0.2, -0.15) is 0 Å². The fraction of sp³-hybridized carbons (Fsp3) is 0.727. The van der Waals surface area contributed by atoms with Crippen molar-refractivity contribution < 1.29 is 9.47 Å². The van der Waals surface area contributed by atoms with Gasteiger partial charge in [0.1, 0.15) is 5.69 Å². The van der Waals surface area contributed by atoms with Gasteiger partial charge in [0.15, 0.2) is 0 Å². The van der Waals surface area contributed by atoms with E-state index in [2.05, 4.69) is 18.8 Å². The van der Waals surface area contributed by atoms with Crippen LogP contribution >= 0.6 is 11.3 Å². The normalized spacial score (nSPS) is 11.6. The molecular weight excluding hydrogens is 210 g/mol. The lowest BCUT2D eigenvalue weighted by Crippen LogP contribution is -2.04. The second-order valence-electron chi connectivity index (χ2n) is 3.90. The quantitative estimate of drug-likeness (QED) is 0.703. The summed E-state index contributed by atoms with van der Waals surface area (Å²) in [5, 5.41) is 3.17. The minimum absolute atomic E-state index is 0.325. The lowest BCUT2D eigenvalue weighted by Gasteiger charge is -2.09. The van der Waals surface area contributed by atoms with Crippen molar-refractivity contribution in [2.24, 2.45) is 5.92 Å². The van der Waals surface area contributed by atoms with Crippen LogP contribution in [-0.4, -0.2) is 19.2 Å². The van der Waals surface area contributed by atoms with Crippen molar-refractivity contribution >= 4 is 11.3 Å². The average molecular weight is 229 g/mol. The van der Waals surface area contributed by atoms with E-state index < -0.39 is 0 Å². The molecule has 86 valence electrons. The van der Waals surface area contributed by atoms with E-state index in [1.165, 1.54) is 6.42 Å². The van der Waals surface area contributed by atoms with Crippen LogP contribution in [0.15, 0.2) is 5.38 Å². The summed E-state index contributed by atoms with van der Waals surface area (Å²) in [7, 11) is 3.25. The van der Waals surface area contributed by atoms with Crippen LogP contribution in [0, 0.1) is 5.92 Å². The third-order valence-electron chi connectivity index (χ3n) is 2.17. The Morgan fingerprint density at radius 3 is 2.53 bits per heavy atom. The molecule has 0 aliphatic rings. The number of aryl methyl sites for hydroxylation is 1. The van der Waals surface area contributed by atoms with Crippen molar-refractivity contribution in [3.63, 3.8) is 0 Å². The maximum absolute atomic E-state index is 5.15. The smallest absolute Gasteiger partial charge is 0.201 e. The molecule has 0 aliphatic heterocycles. The maximum atomic E-state index is 5.15. The first-order chi connectivity index (χ1) is 7.17. The molecule has 0 radical (unpaired) electrons. The molecule has 0 saturated carbocycles. The third-order valence-corrected chi connectivity index (χ3v) is 3.10. The number of rotatable bonds is 6. The molecule has 0 atom stereocenters.